The number of nitrogens with one attached hydrogen (secondary N) is 1. The third kappa shape index (κ3) is 5.64. The van der Waals surface area contributed by atoms with Gasteiger partial charge in [0, 0.05) is 17.3 Å². The Hall–Kier alpha value is -3.31. The fourth-order valence-corrected chi connectivity index (χ4v) is 3.49. The molecule has 3 rings (SSSR count). The molecule has 0 aliphatic carbocycles. The summed E-state index contributed by atoms with van der Waals surface area (Å²) in [6, 6.07) is 23.1. The van der Waals surface area contributed by atoms with Crippen molar-refractivity contribution in [3.63, 3.8) is 0 Å². The number of ether oxygens (including phenoxy) is 2. The first-order valence-corrected chi connectivity index (χ1v) is 10.6. The monoisotopic (exact) mass is 418 g/mol. The number of benzene rings is 3. The molecular weight excluding hydrogens is 388 g/mol. The molecule has 0 saturated carbocycles. The lowest BCUT2D eigenvalue weighted by Gasteiger charge is -2.27. The maximum Gasteiger partial charge on any atom is 0.255 e. The van der Waals surface area contributed by atoms with E-state index < -0.39 is 0 Å². The van der Waals surface area contributed by atoms with E-state index in [1.54, 1.807) is 19.2 Å². The quantitative estimate of drug-likeness (QED) is 0.454. The van der Waals surface area contributed by atoms with E-state index in [2.05, 4.69) is 24.1 Å². The van der Waals surface area contributed by atoms with Gasteiger partial charge in [0.25, 0.3) is 5.91 Å². The number of carbonyl (C=O) groups is 1. The van der Waals surface area contributed by atoms with E-state index in [9.17, 15) is 4.79 Å². The highest BCUT2D eigenvalue weighted by Crippen LogP contribution is 2.31. The molecule has 0 aliphatic heterocycles. The molecule has 3 aromatic carbocycles. The van der Waals surface area contributed by atoms with Gasteiger partial charge in [0.1, 0.15) is 6.23 Å². The summed E-state index contributed by atoms with van der Waals surface area (Å²) < 4.78 is 11.6. The standard InChI is InChI=1S/C26H30N2O3/c1-5-28(6-2)19(3)31-25-18-23(16-17-24(25)30-4)27-26(29)22-14-12-21(13-15-22)20-10-8-7-9-11-20/h7-19H,5-6H2,1-4H3,(H,27,29). The number of methoxy groups -OCH3 is 1. The molecule has 0 aliphatic rings. The topological polar surface area (TPSA) is 50.8 Å². The predicted octanol–water partition coefficient (Wildman–Crippen LogP) is 5.68. The average molecular weight is 419 g/mol. The average Bonchev–Trinajstić information content (AvgIpc) is 2.81. The Morgan fingerprint density at radius 2 is 1.55 bits per heavy atom. The largest absolute Gasteiger partial charge is 0.493 e. The van der Waals surface area contributed by atoms with Crippen LogP contribution >= 0.6 is 0 Å². The van der Waals surface area contributed by atoms with Gasteiger partial charge in [-0.2, -0.15) is 0 Å². The van der Waals surface area contributed by atoms with Gasteiger partial charge in [-0.3, -0.25) is 9.69 Å². The lowest BCUT2D eigenvalue weighted by molar-refractivity contribution is 0.0459. The molecule has 1 N–H and O–H groups in total. The van der Waals surface area contributed by atoms with E-state index in [4.69, 9.17) is 9.47 Å². The first kappa shape index (κ1) is 22.4. The highest BCUT2D eigenvalue weighted by atomic mass is 16.5. The minimum atomic E-state index is -0.174. The molecule has 5 heteroatoms. The van der Waals surface area contributed by atoms with Crippen molar-refractivity contribution in [2.24, 2.45) is 0 Å². The molecule has 0 radical (unpaired) electrons. The Morgan fingerprint density at radius 1 is 0.903 bits per heavy atom. The lowest BCUT2D eigenvalue weighted by atomic mass is 10.0. The van der Waals surface area contributed by atoms with Crippen LogP contribution in [0.25, 0.3) is 11.1 Å². The molecule has 5 nitrogen and oxygen atoms in total. The van der Waals surface area contributed by atoms with Crippen LogP contribution in [0.1, 0.15) is 31.1 Å². The van der Waals surface area contributed by atoms with Crippen LogP contribution in [0.5, 0.6) is 11.5 Å². The number of hydrogen-bond acceptors (Lipinski definition) is 4. The second-order valence-electron chi connectivity index (χ2n) is 7.20. The molecule has 0 spiro atoms. The third-order valence-electron chi connectivity index (χ3n) is 5.30. The van der Waals surface area contributed by atoms with E-state index in [-0.39, 0.29) is 12.1 Å². The lowest BCUT2D eigenvalue weighted by Crippen LogP contribution is -2.36. The smallest absolute Gasteiger partial charge is 0.255 e. The molecular formula is C26H30N2O3. The van der Waals surface area contributed by atoms with Crippen LogP contribution in [0.3, 0.4) is 0 Å². The highest BCUT2D eigenvalue weighted by molar-refractivity contribution is 6.04. The van der Waals surface area contributed by atoms with Gasteiger partial charge in [0.15, 0.2) is 11.5 Å². The zero-order chi connectivity index (χ0) is 22.2. The van der Waals surface area contributed by atoms with E-state index in [1.807, 2.05) is 67.6 Å². The van der Waals surface area contributed by atoms with Gasteiger partial charge in [0.2, 0.25) is 0 Å². The van der Waals surface area contributed by atoms with Crippen LogP contribution in [-0.4, -0.2) is 37.2 Å². The summed E-state index contributed by atoms with van der Waals surface area (Å²) in [7, 11) is 1.61. The molecule has 1 unspecified atom stereocenters. The number of nitrogens with zero attached hydrogens (tertiary/aromatic N) is 1. The molecule has 0 aromatic heterocycles. The summed E-state index contributed by atoms with van der Waals surface area (Å²) in [5.41, 5.74) is 3.44. The van der Waals surface area contributed by atoms with Crippen molar-refractivity contribution in [2.75, 3.05) is 25.5 Å². The van der Waals surface area contributed by atoms with Crippen LogP contribution in [0, 0.1) is 0 Å². The second kappa shape index (κ2) is 10.6. The molecule has 0 bridgehead atoms. The Morgan fingerprint density at radius 3 is 2.16 bits per heavy atom. The number of carbonyl (C=O) groups excluding carboxylic acids is 1. The molecule has 3 aromatic rings. The SMILES string of the molecule is CCN(CC)C(C)Oc1cc(NC(=O)c2ccc(-c3ccccc3)cc2)ccc1OC. The van der Waals surface area contributed by atoms with Crippen molar-refractivity contribution in [1.82, 2.24) is 4.90 Å². The summed E-state index contributed by atoms with van der Waals surface area (Å²) >= 11 is 0. The van der Waals surface area contributed by atoms with Crippen molar-refractivity contribution in [2.45, 2.75) is 27.0 Å². The summed E-state index contributed by atoms with van der Waals surface area (Å²) in [4.78, 5) is 15.0. The van der Waals surface area contributed by atoms with Crippen molar-refractivity contribution in [3.05, 3.63) is 78.4 Å². The Kier molecular flexibility index (Phi) is 7.68. The van der Waals surface area contributed by atoms with Crippen LogP contribution in [0.2, 0.25) is 0 Å². The summed E-state index contributed by atoms with van der Waals surface area (Å²) in [5, 5.41) is 2.95. The van der Waals surface area contributed by atoms with Gasteiger partial charge in [-0.25, -0.2) is 0 Å². The van der Waals surface area contributed by atoms with Crippen molar-refractivity contribution in [1.29, 1.82) is 0 Å². The van der Waals surface area contributed by atoms with Crippen LogP contribution in [-0.2, 0) is 0 Å². The summed E-state index contributed by atoms with van der Waals surface area (Å²) in [6.07, 6.45) is -0.111. The molecule has 0 heterocycles. The molecule has 1 atom stereocenters. The van der Waals surface area contributed by atoms with Crippen molar-refractivity contribution >= 4 is 11.6 Å². The second-order valence-corrected chi connectivity index (χ2v) is 7.20. The van der Waals surface area contributed by atoms with Gasteiger partial charge >= 0.3 is 0 Å². The van der Waals surface area contributed by atoms with E-state index in [0.717, 1.165) is 24.2 Å². The number of rotatable bonds is 9. The number of hydrogen-bond donors (Lipinski definition) is 1. The first-order chi connectivity index (χ1) is 15.0. The maximum atomic E-state index is 12.8. The Balaban J connectivity index is 1.73. The summed E-state index contributed by atoms with van der Waals surface area (Å²) in [6.45, 7) is 7.97. The Bertz CT molecular complexity index is 983. The fraction of sp³-hybridized carbons (Fsp3) is 0.269. The van der Waals surface area contributed by atoms with E-state index in [0.29, 0.717) is 22.7 Å². The van der Waals surface area contributed by atoms with Gasteiger partial charge in [-0.1, -0.05) is 56.3 Å². The zero-order valence-electron chi connectivity index (χ0n) is 18.6. The molecule has 0 saturated heterocycles. The van der Waals surface area contributed by atoms with Gasteiger partial charge in [0.05, 0.1) is 7.11 Å². The Labute approximate surface area is 184 Å². The van der Waals surface area contributed by atoms with Crippen molar-refractivity contribution in [3.8, 4) is 22.6 Å². The first-order valence-electron chi connectivity index (χ1n) is 10.6. The van der Waals surface area contributed by atoms with E-state index in [1.165, 1.54) is 0 Å². The van der Waals surface area contributed by atoms with E-state index >= 15 is 0 Å². The van der Waals surface area contributed by atoms with Crippen LogP contribution < -0.4 is 14.8 Å². The van der Waals surface area contributed by atoms with Gasteiger partial charge in [-0.05, 0) is 55.4 Å². The minimum absolute atomic E-state index is 0.111. The fourth-order valence-electron chi connectivity index (χ4n) is 3.49. The van der Waals surface area contributed by atoms with Crippen LogP contribution in [0.4, 0.5) is 5.69 Å². The number of anilines is 1. The zero-order valence-corrected chi connectivity index (χ0v) is 18.6. The molecule has 1 amide bonds. The highest BCUT2D eigenvalue weighted by Gasteiger charge is 2.16. The minimum Gasteiger partial charge on any atom is -0.493 e. The third-order valence-corrected chi connectivity index (χ3v) is 5.30. The van der Waals surface area contributed by atoms with Gasteiger partial charge in [-0.15, -0.1) is 0 Å². The molecule has 0 fully saturated rings. The maximum absolute atomic E-state index is 12.8. The van der Waals surface area contributed by atoms with Crippen molar-refractivity contribution < 1.29 is 14.3 Å². The summed E-state index contributed by atoms with van der Waals surface area (Å²) in [5.74, 6) is 1.05. The molecule has 162 valence electrons. The molecule has 31 heavy (non-hydrogen) atoms. The van der Waals surface area contributed by atoms with Gasteiger partial charge < -0.3 is 14.8 Å². The normalized spacial score (nSPS) is 11.8. The van der Waals surface area contributed by atoms with Crippen LogP contribution in [0.15, 0.2) is 72.8 Å². The number of amides is 1. The predicted molar refractivity (Wildman–Crippen MR) is 126 cm³/mol.